The molecule has 0 bridgehead atoms. The number of nitrogens with one attached hydrogen (secondary N) is 1. The lowest BCUT2D eigenvalue weighted by atomic mass is 10.0. The predicted molar refractivity (Wildman–Crippen MR) is 92.1 cm³/mol. The second-order valence-corrected chi connectivity index (χ2v) is 6.55. The third kappa shape index (κ3) is 7.31. The number of hydrogen-bond donors (Lipinski definition) is 2. The van der Waals surface area contributed by atoms with E-state index in [1.807, 2.05) is 38.1 Å². The molecule has 0 radical (unpaired) electrons. The van der Waals surface area contributed by atoms with Crippen LogP contribution in [0.3, 0.4) is 0 Å². The van der Waals surface area contributed by atoms with Crippen LogP contribution in [-0.2, 0) is 15.3 Å². The third-order valence-electron chi connectivity index (χ3n) is 3.03. The molecule has 1 aromatic carbocycles. The van der Waals surface area contributed by atoms with Gasteiger partial charge in [-0.15, -0.1) is 6.58 Å². The number of carboxylic acids is 1. The van der Waals surface area contributed by atoms with Crippen LogP contribution in [0.15, 0.2) is 36.4 Å². The van der Waals surface area contributed by atoms with Gasteiger partial charge in [0.2, 0.25) is 5.91 Å². The van der Waals surface area contributed by atoms with Crippen molar-refractivity contribution in [2.45, 2.75) is 32.4 Å². The molecule has 4 nitrogen and oxygen atoms in total. The summed E-state index contributed by atoms with van der Waals surface area (Å²) in [7, 11) is 0. The summed E-state index contributed by atoms with van der Waals surface area (Å²) in [4.78, 5) is 22.5. The molecule has 0 aromatic heterocycles. The van der Waals surface area contributed by atoms with Crippen molar-refractivity contribution in [1.29, 1.82) is 0 Å². The minimum atomic E-state index is -0.778. The van der Waals surface area contributed by atoms with Crippen LogP contribution in [0, 0.1) is 5.92 Å². The van der Waals surface area contributed by atoms with Gasteiger partial charge < -0.3 is 10.4 Å². The second kappa shape index (κ2) is 9.30. The minimum absolute atomic E-state index is 0.0151. The van der Waals surface area contributed by atoms with Gasteiger partial charge in [0.1, 0.15) is 0 Å². The van der Waals surface area contributed by atoms with E-state index in [1.165, 1.54) is 0 Å². The van der Waals surface area contributed by atoms with Crippen LogP contribution in [0.1, 0.15) is 32.3 Å². The quantitative estimate of drug-likeness (QED) is 0.534. The zero-order valence-electron chi connectivity index (χ0n) is 13.1. The Kier molecular flexibility index (Phi) is 7.74. The van der Waals surface area contributed by atoms with Crippen LogP contribution in [0.4, 0.5) is 5.69 Å². The molecule has 2 N–H and O–H groups in total. The number of rotatable bonds is 9. The summed E-state index contributed by atoms with van der Waals surface area (Å²) < 4.78 is 0. The molecular formula is C17H23NO3S. The minimum Gasteiger partial charge on any atom is -0.481 e. The van der Waals surface area contributed by atoms with E-state index in [4.69, 9.17) is 5.11 Å². The molecular weight excluding hydrogens is 298 g/mol. The largest absolute Gasteiger partial charge is 0.481 e. The van der Waals surface area contributed by atoms with Crippen molar-refractivity contribution in [2.24, 2.45) is 5.92 Å². The molecule has 0 saturated carbocycles. The summed E-state index contributed by atoms with van der Waals surface area (Å²) in [6, 6.07) is 7.66. The fourth-order valence-electron chi connectivity index (χ4n) is 1.97. The molecule has 22 heavy (non-hydrogen) atoms. The Morgan fingerprint density at radius 3 is 2.77 bits per heavy atom. The van der Waals surface area contributed by atoms with E-state index in [-0.39, 0.29) is 18.2 Å². The monoisotopic (exact) mass is 321 g/mol. The summed E-state index contributed by atoms with van der Waals surface area (Å²) in [6.45, 7) is 7.63. The first-order chi connectivity index (χ1) is 10.4. The lowest BCUT2D eigenvalue weighted by molar-refractivity contribution is -0.136. The lowest BCUT2D eigenvalue weighted by Crippen LogP contribution is -2.20. The summed E-state index contributed by atoms with van der Waals surface area (Å²) >= 11 is 1.57. The molecule has 120 valence electrons. The van der Waals surface area contributed by atoms with Gasteiger partial charge >= 0.3 is 5.97 Å². The van der Waals surface area contributed by atoms with E-state index in [0.29, 0.717) is 12.2 Å². The smallest absolute Gasteiger partial charge is 0.304 e. The number of anilines is 1. The Morgan fingerprint density at radius 2 is 2.14 bits per heavy atom. The number of allylic oxidation sites excluding steroid dienone is 1. The first-order valence-electron chi connectivity index (χ1n) is 7.22. The third-order valence-corrected chi connectivity index (χ3v) is 4.06. The van der Waals surface area contributed by atoms with E-state index in [2.05, 4.69) is 11.9 Å². The van der Waals surface area contributed by atoms with Gasteiger partial charge in [-0.1, -0.05) is 24.6 Å². The molecule has 1 amide bonds. The number of benzene rings is 1. The van der Waals surface area contributed by atoms with Crippen molar-refractivity contribution < 1.29 is 14.7 Å². The number of carbonyl (C=O) groups is 2. The van der Waals surface area contributed by atoms with E-state index < -0.39 is 5.97 Å². The molecule has 0 heterocycles. The molecule has 1 unspecified atom stereocenters. The highest BCUT2D eigenvalue weighted by Gasteiger charge is 2.13. The van der Waals surface area contributed by atoms with Gasteiger partial charge in [-0.2, -0.15) is 11.8 Å². The standard InChI is InChI=1S/C17H23NO3S/c1-12(2)9-13(3)17(21)18-15-6-4-5-14(10-15)11-22-8-7-16(19)20/h4-6,10,13H,1,7-9,11H2,2-3H3,(H,18,21)(H,19,20). The number of carboxylic acid groups (broad SMARTS) is 1. The molecule has 0 saturated heterocycles. The molecule has 1 rings (SSSR count). The zero-order valence-corrected chi connectivity index (χ0v) is 13.9. The van der Waals surface area contributed by atoms with Crippen molar-refractivity contribution >= 4 is 29.3 Å². The van der Waals surface area contributed by atoms with Gasteiger partial charge in [0.25, 0.3) is 0 Å². The Bertz CT molecular complexity index is 542. The molecule has 0 aliphatic heterocycles. The average Bonchev–Trinajstić information content (AvgIpc) is 2.43. The molecule has 1 aromatic rings. The van der Waals surface area contributed by atoms with Crippen LogP contribution < -0.4 is 5.32 Å². The maximum atomic E-state index is 12.1. The Labute approximate surface area is 136 Å². The van der Waals surface area contributed by atoms with Crippen molar-refractivity contribution in [3.05, 3.63) is 42.0 Å². The van der Waals surface area contributed by atoms with Crippen LogP contribution >= 0.6 is 11.8 Å². The topological polar surface area (TPSA) is 66.4 Å². The van der Waals surface area contributed by atoms with Gasteiger partial charge in [0.15, 0.2) is 0 Å². The summed E-state index contributed by atoms with van der Waals surface area (Å²) in [5, 5.41) is 11.5. The molecule has 0 spiro atoms. The van der Waals surface area contributed by atoms with E-state index in [9.17, 15) is 9.59 Å². The van der Waals surface area contributed by atoms with E-state index in [0.717, 1.165) is 22.6 Å². The normalized spacial score (nSPS) is 11.7. The molecule has 1 atom stereocenters. The van der Waals surface area contributed by atoms with Crippen LogP contribution in [-0.4, -0.2) is 22.7 Å². The Balaban J connectivity index is 2.51. The van der Waals surface area contributed by atoms with Gasteiger partial charge in [-0.25, -0.2) is 0 Å². The number of aliphatic carboxylic acids is 1. The van der Waals surface area contributed by atoms with Crippen molar-refractivity contribution in [3.63, 3.8) is 0 Å². The Morgan fingerprint density at radius 1 is 1.41 bits per heavy atom. The van der Waals surface area contributed by atoms with Crippen molar-refractivity contribution in [3.8, 4) is 0 Å². The van der Waals surface area contributed by atoms with Crippen LogP contribution in [0.5, 0.6) is 0 Å². The van der Waals surface area contributed by atoms with E-state index >= 15 is 0 Å². The number of carbonyl (C=O) groups excluding carboxylic acids is 1. The highest BCUT2D eigenvalue weighted by atomic mass is 32.2. The predicted octanol–water partition coefficient (Wildman–Crippen LogP) is 3.94. The highest BCUT2D eigenvalue weighted by molar-refractivity contribution is 7.98. The zero-order chi connectivity index (χ0) is 16.5. The lowest BCUT2D eigenvalue weighted by Gasteiger charge is -2.12. The molecule has 0 fully saturated rings. The number of amides is 1. The van der Waals surface area contributed by atoms with Crippen LogP contribution in [0.25, 0.3) is 0 Å². The fourth-order valence-corrected chi connectivity index (χ4v) is 2.85. The maximum Gasteiger partial charge on any atom is 0.304 e. The molecule has 0 aliphatic rings. The number of thioether (sulfide) groups is 1. The molecule has 5 heteroatoms. The first kappa shape index (κ1) is 18.3. The van der Waals surface area contributed by atoms with Crippen molar-refractivity contribution in [1.82, 2.24) is 0 Å². The number of hydrogen-bond acceptors (Lipinski definition) is 3. The summed E-state index contributed by atoms with van der Waals surface area (Å²) in [5.74, 6) is 0.421. The van der Waals surface area contributed by atoms with Gasteiger partial charge in [0.05, 0.1) is 6.42 Å². The molecule has 0 aliphatic carbocycles. The van der Waals surface area contributed by atoms with Crippen molar-refractivity contribution in [2.75, 3.05) is 11.1 Å². The second-order valence-electron chi connectivity index (χ2n) is 5.45. The Hall–Kier alpha value is -1.75. The van der Waals surface area contributed by atoms with Gasteiger partial charge in [-0.05, 0) is 31.0 Å². The fraction of sp³-hybridized carbons (Fsp3) is 0.412. The summed E-state index contributed by atoms with van der Waals surface area (Å²) in [5.41, 5.74) is 2.84. The first-order valence-corrected chi connectivity index (χ1v) is 8.37. The van der Waals surface area contributed by atoms with Gasteiger partial charge in [0, 0.05) is 23.1 Å². The average molecular weight is 321 g/mol. The maximum absolute atomic E-state index is 12.1. The van der Waals surface area contributed by atoms with Crippen LogP contribution in [0.2, 0.25) is 0 Å². The van der Waals surface area contributed by atoms with Gasteiger partial charge in [-0.3, -0.25) is 9.59 Å². The van der Waals surface area contributed by atoms with E-state index in [1.54, 1.807) is 11.8 Å². The highest BCUT2D eigenvalue weighted by Crippen LogP contribution is 2.18. The summed E-state index contributed by atoms with van der Waals surface area (Å²) in [6.07, 6.45) is 0.843. The SMILES string of the molecule is C=C(C)CC(C)C(=O)Nc1cccc(CSCCC(=O)O)c1.